The summed E-state index contributed by atoms with van der Waals surface area (Å²) >= 11 is 1.84. The first-order valence-electron chi connectivity index (χ1n) is 7.22. The van der Waals surface area contributed by atoms with Crippen molar-refractivity contribution in [3.63, 3.8) is 0 Å². The smallest absolute Gasteiger partial charge is 0.341 e. The minimum atomic E-state index is -0.296. The van der Waals surface area contributed by atoms with Crippen molar-refractivity contribution in [2.45, 2.75) is 45.3 Å². The van der Waals surface area contributed by atoms with Gasteiger partial charge in [0.25, 0.3) is 0 Å². The van der Waals surface area contributed by atoms with Crippen LogP contribution in [0.4, 0.5) is 0 Å². The maximum atomic E-state index is 11.9. The molecule has 0 bridgehead atoms. The van der Waals surface area contributed by atoms with Crippen LogP contribution in [0.2, 0.25) is 0 Å². The highest BCUT2D eigenvalue weighted by Gasteiger charge is 2.30. The number of thioether (sulfide) groups is 1. The van der Waals surface area contributed by atoms with Crippen molar-refractivity contribution in [2.75, 3.05) is 12.4 Å². The fourth-order valence-electron chi connectivity index (χ4n) is 1.92. The standard InChI is InChI=1S/C15H22N2O2S/c1-4-19-15(18)12-7-16-13(9-20-8-10(2)3)17-14(12)11-5-6-11/h7,10-11H,4-6,8-9H2,1-3H3. The molecule has 0 N–H and O–H groups in total. The number of hydrogen-bond donors (Lipinski definition) is 0. The van der Waals surface area contributed by atoms with Crippen LogP contribution in [0.25, 0.3) is 0 Å². The van der Waals surface area contributed by atoms with E-state index in [0.717, 1.165) is 35.9 Å². The molecular weight excluding hydrogens is 272 g/mol. The summed E-state index contributed by atoms with van der Waals surface area (Å²) in [5, 5.41) is 0. The van der Waals surface area contributed by atoms with Gasteiger partial charge in [-0.15, -0.1) is 0 Å². The summed E-state index contributed by atoms with van der Waals surface area (Å²) in [7, 11) is 0. The molecule has 1 heterocycles. The predicted molar refractivity (Wildman–Crippen MR) is 81.0 cm³/mol. The Morgan fingerprint density at radius 2 is 2.25 bits per heavy atom. The molecule has 1 aliphatic rings. The van der Waals surface area contributed by atoms with Crippen LogP contribution in [0.5, 0.6) is 0 Å². The lowest BCUT2D eigenvalue weighted by molar-refractivity contribution is 0.0524. The van der Waals surface area contributed by atoms with Gasteiger partial charge in [0.05, 0.1) is 23.6 Å². The Balaban J connectivity index is 2.09. The van der Waals surface area contributed by atoms with Gasteiger partial charge in [-0.25, -0.2) is 14.8 Å². The predicted octanol–water partition coefficient (Wildman–Crippen LogP) is 3.42. The van der Waals surface area contributed by atoms with Gasteiger partial charge in [0.1, 0.15) is 5.82 Å². The highest BCUT2D eigenvalue weighted by atomic mass is 32.2. The summed E-state index contributed by atoms with van der Waals surface area (Å²) in [6.07, 6.45) is 3.87. The lowest BCUT2D eigenvalue weighted by atomic mass is 10.1. The van der Waals surface area contributed by atoms with Gasteiger partial charge in [-0.3, -0.25) is 0 Å². The van der Waals surface area contributed by atoms with E-state index >= 15 is 0 Å². The second kappa shape index (κ2) is 7.07. The fraction of sp³-hybridized carbons (Fsp3) is 0.667. The van der Waals surface area contributed by atoms with E-state index in [1.165, 1.54) is 0 Å². The molecule has 0 aromatic carbocycles. The number of nitrogens with zero attached hydrogens (tertiary/aromatic N) is 2. The molecule has 2 rings (SSSR count). The Morgan fingerprint density at radius 1 is 1.50 bits per heavy atom. The zero-order valence-electron chi connectivity index (χ0n) is 12.4. The average Bonchev–Trinajstić information content (AvgIpc) is 3.22. The van der Waals surface area contributed by atoms with E-state index in [9.17, 15) is 4.79 Å². The van der Waals surface area contributed by atoms with Gasteiger partial charge >= 0.3 is 5.97 Å². The Labute approximate surface area is 124 Å². The molecule has 5 heteroatoms. The van der Waals surface area contributed by atoms with E-state index in [-0.39, 0.29) is 5.97 Å². The van der Waals surface area contributed by atoms with Gasteiger partial charge in [0, 0.05) is 12.1 Å². The van der Waals surface area contributed by atoms with Crippen molar-refractivity contribution >= 4 is 17.7 Å². The molecule has 1 fully saturated rings. The SMILES string of the molecule is CCOC(=O)c1cnc(CSCC(C)C)nc1C1CC1. The Kier molecular flexibility index (Phi) is 5.40. The maximum Gasteiger partial charge on any atom is 0.341 e. The second-order valence-corrected chi connectivity index (χ2v) is 6.52. The molecule has 0 radical (unpaired) electrons. The van der Waals surface area contributed by atoms with Crippen molar-refractivity contribution in [1.82, 2.24) is 9.97 Å². The van der Waals surface area contributed by atoms with Crippen LogP contribution in [-0.4, -0.2) is 28.3 Å². The molecule has 0 atom stereocenters. The van der Waals surface area contributed by atoms with Crippen LogP contribution in [0, 0.1) is 5.92 Å². The van der Waals surface area contributed by atoms with Crippen molar-refractivity contribution < 1.29 is 9.53 Å². The van der Waals surface area contributed by atoms with E-state index in [0.29, 0.717) is 24.0 Å². The molecule has 0 saturated heterocycles. The minimum absolute atomic E-state index is 0.296. The molecule has 1 aromatic heterocycles. The number of carbonyl (C=O) groups is 1. The molecule has 0 aliphatic heterocycles. The van der Waals surface area contributed by atoms with E-state index < -0.39 is 0 Å². The van der Waals surface area contributed by atoms with Crippen molar-refractivity contribution in [2.24, 2.45) is 5.92 Å². The first-order valence-corrected chi connectivity index (χ1v) is 8.38. The molecule has 0 unspecified atom stereocenters. The van der Waals surface area contributed by atoms with Crippen LogP contribution in [-0.2, 0) is 10.5 Å². The Bertz CT molecular complexity index is 473. The fourth-order valence-corrected chi connectivity index (χ4v) is 2.83. The molecule has 1 aliphatic carbocycles. The number of aromatic nitrogens is 2. The minimum Gasteiger partial charge on any atom is -0.462 e. The van der Waals surface area contributed by atoms with Gasteiger partial charge in [-0.05, 0) is 31.4 Å². The number of hydrogen-bond acceptors (Lipinski definition) is 5. The van der Waals surface area contributed by atoms with Gasteiger partial charge in [-0.2, -0.15) is 11.8 Å². The summed E-state index contributed by atoms with van der Waals surface area (Å²) in [4.78, 5) is 20.8. The molecule has 1 saturated carbocycles. The van der Waals surface area contributed by atoms with Crippen molar-refractivity contribution in [1.29, 1.82) is 0 Å². The number of rotatable bonds is 7. The van der Waals surface area contributed by atoms with Crippen LogP contribution < -0.4 is 0 Å². The third-order valence-electron chi connectivity index (χ3n) is 3.01. The second-order valence-electron chi connectivity index (χ2n) is 5.49. The topological polar surface area (TPSA) is 52.1 Å². The molecule has 1 aromatic rings. The quantitative estimate of drug-likeness (QED) is 0.721. The third kappa shape index (κ3) is 4.20. The first kappa shape index (κ1) is 15.3. The normalized spacial score (nSPS) is 14.6. The highest BCUT2D eigenvalue weighted by Crippen LogP contribution is 2.40. The summed E-state index contributed by atoms with van der Waals surface area (Å²) < 4.78 is 5.07. The van der Waals surface area contributed by atoms with Crippen LogP contribution in [0.3, 0.4) is 0 Å². The lowest BCUT2D eigenvalue weighted by Gasteiger charge is -2.09. The largest absolute Gasteiger partial charge is 0.462 e. The van der Waals surface area contributed by atoms with Gasteiger partial charge in [0.2, 0.25) is 0 Å². The Morgan fingerprint density at radius 3 is 2.85 bits per heavy atom. The molecule has 0 spiro atoms. The first-order chi connectivity index (χ1) is 9.61. The molecular formula is C15H22N2O2S. The third-order valence-corrected chi connectivity index (χ3v) is 4.37. The van der Waals surface area contributed by atoms with Crippen LogP contribution in [0.15, 0.2) is 6.20 Å². The van der Waals surface area contributed by atoms with Crippen LogP contribution in [0.1, 0.15) is 61.4 Å². The molecule has 20 heavy (non-hydrogen) atoms. The summed E-state index contributed by atoms with van der Waals surface area (Å²) in [6, 6.07) is 0. The number of carbonyl (C=O) groups excluding carboxylic acids is 1. The van der Waals surface area contributed by atoms with E-state index in [4.69, 9.17) is 4.74 Å². The van der Waals surface area contributed by atoms with Crippen LogP contribution >= 0.6 is 11.8 Å². The Hall–Kier alpha value is -1.10. The summed E-state index contributed by atoms with van der Waals surface area (Å²) in [5.41, 5.74) is 1.44. The number of esters is 1. The zero-order valence-corrected chi connectivity index (χ0v) is 13.2. The zero-order chi connectivity index (χ0) is 14.5. The summed E-state index contributed by atoms with van der Waals surface area (Å²) in [6.45, 7) is 6.60. The van der Waals surface area contributed by atoms with Gasteiger partial charge in [0.15, 0.2) is 0 Å². The van der Waals surface area contributed by atoms with Gasteiger partial charge < -0.3 is 4.74 Å². The van der Waals surface area contributed by atoms with E-state index in [1.807, 2.05) is 18.7 Å². The van der Waals surface area contributed by atoms with Crippen molar-refractivity contribution in [3.05, 3.63) is 23.3 Å². The van der Waals surface area contributed by atoms with Gasteiger partial charge in [-0.1, -0.05) is 13.8 Å². The molecule has 0 amide bonds. The van der Waals surface area contributed by atoms with E-state index in [2.05, 4.69) is 23.8 Å². The maximum absolute atomic E-state index is 11.9. The summed E-state index contributed by atoms with van der Waals surface area (Å²) in [5.74, 6) is 3.53. The molecule has 110 valence electrons. The highest BCUT2D eigenvalue weighted by molar-refractivity contribution is 7.98. The average molecular weight is 294 g/mol. The number of ether oxygens (including phenoxy) is 1. The monoisotopic (exact) mass is 294 g/mol. The van der Waals surface area contributed by atoms with Crippen molar-refractivity contribution in [3.8, 4) is 0 Å². The van der Waals surface area contributed by atoms with E-state index in [1.54, 1.807) is 6.20 Å². The molecule has 4 nitrogen and oxygen atoms in total. The lowest BCUT2D eigenvalue weighted by Crippen LogP contribution is -2.11.